The van der Waals surface area contributed by atoms with Crippen molar-refractivity contribution >= 4 is 52.2 Å². The van der Waals surface area contributed by atoms with Gasteiger partial charge >= 0.3 is 0 Å². The number of azo groups is 1. The summed E-state index contributed by atoms with van der Waals surface area (Å²) < 4.78 is 0. The summed E-state index contributed by atoms with van der Waals surface area (Å²) in [5.41, 5.74) is 2.85. The van der Waals surface area contributed by atoms with E-state index in [2.05, 4.69) is 15.5 Å². The summed E-state index contributed by atoms with van der Waals surface area (Å²) in [6.45, 7) is 0. The molecule has 0 aromatic heterocycles. The highest BCUT2D eigenvalue weighted by molar-refractivity contribution is 6.35. The van der Waals surface area contributed by atoms with E-state index in [0.717, 1.165) is 5.69 Å². The van der Waals surface area contributed by atoms with Crippen LogP contribution < -0.4 is 5.32 Å². The first-order valence-electron chi connectivity index (χ1n) is 8.11. The van der Waals surface area contributed by atoms with Crippen molar-refractivity contribution in [2.45, 2.75) is 0 Å². The predicted molar refractivity (Wildman–Crippen MR) is 111 cm³/mol. The van der Waals surface area contributed by atoms with E-state index in [1.54, 1.807) is 48.5 Å². The first-order chi connectivity index (χ1) is 13.1. The molecule has 0 aliphatic carbocycles. The number of halogens is 2. The Labute approximate surface area is 167 Å². The van der Waals surface area contributed by atoms with E-state index >= 15 is 0 Å². The monoisotopic (exact) mass is 395 g/mol. The molecule has 6 heteroatoms. The molecule has 0 saturated heterocycles. The Morgan fingerprint density at radius 1 is 0.852 bits per heavy atom. The number of rotatable bonds is 5. The number of carbonyl (C=O) groups excluding carboxylic acids is 1. The number of nitrogens with zero attached hydrogens (tertiary/aromatic N) is 2. The second kappa shape index (κ2) is 9.12. The lowest BCUT2D eigenvalue weighted by molar-refractivity contribution is -0.111. The number of anilines is 1. The maximum Gasteiger partial charge on any atom is 0.248 e. The summed E-state index contributed by atoms with van der Waals surface area (Å²) in [5, 5.41) is 12.1. The zero-order chi connectivity index (χ0) is 19.1. The molecule has 0 spiro atoms. The van der Waals surface area contributed by atoms with Crippen LogP contribution in [0.15, 0.2) is 89.1 Å². The lowest BCUT2D eigenvalue weighted by atomic mass is 10.2. The van der Waals surface area contributed by atoms with Gasteiger partial charge in [0.05, 0.1) is 11.4 Å². The van der Waals surface area contributed by atoms with Crippen LogP contribution in [0.1, 0.15) is 5.56 Å². The average molecular weight is 396 g/mol. The number of amides is 1. The second-order valence-electron chi connectivity index (χ2n) is 5.57. The minimum absolute atomic E-state index is 0.264. The van der Waals surface area contributed by atoms with Crippen LogP contribution in [0, 0.1) is 0 Å². The molecule has 0 radical (unpaired) electrons. The Kier molecular flexibility index (Phi) is 6.36. The predicted octanol–water partition coefficient (Wildman–Crippen LogP) is 7.06. The van der Waals surface area contributed by atoms with Crippen LogP contribution in [0.2, 0.25) is 10.0 Å². The van der Waals surface area contributed by atoms with Crippen LogP contribution in [0.25, 0.3) is 6.08 Å². The summed E-state index contributed by atoms with van der Waals surface area (Å²) in [6, 6.07) is 21.7. The molecular formula is C21H15Cl2N3O. The fourth-order valence-electron chi connectivity index (χ4n) is 2.21. The molecule has 0 aliphatic rings. The van der Waals surface area contributed by atoms with Crippen molar-refractivity contribution in [3.8, 4) is 0 Å². The van der Waals surface area contributed by atoms with Gasteiger partial charge in [0.2, 0.25) is 5.91 Å². The van der Waals surface area contributed by atoms with Crippen molar-refractivity contribution in [2.75, 3.05) is 5.32 Å². The zero-order valence-electron chi connectivity index (χ0n) is 14.1. The van der Waals surface area contributed by atoms with Crippen molar-refractivity contribution in [1.29, 1.82) is 0 Å². The van der Waals surface area contributed by atoms with E-state index < -0.39 is 0 Å². The minimum Gasteiger partial charge on any atom is -0.323 e. The van der Waals surface area contributed by atoms with Crippen LogP contribution in [-0.4, -0.2) is 5.91 Å². The van der Waals surface area contributed by atoms with Gasteiger partial charge in [0, 0.05) is 21.8 Å². The third-order valence-electron chi connectivity index (χ3n) is 3.55. The fraction of sp³-hybridized carbons (Fsp3) is 0. The number of hydrogen-bond acceptors (Lipinski definition) is 3. The molecule has 3 rings (SSSR count). The first-order valence-corrected chi connectivity index (χ1v) is 8.87. The molecule has 0 saturated carbocycles. The molecule has 0 unspecified atom stereocenters. The number of hydrogen-bond donors (Lipinski definition) is 1. The van der Waals surface area contributed by atoms with E-state index in [9.17, 15) is 4.79 Å². The van der Waals surface area contributed by atoms with Gasteiger partial charge < -0.3 is 5.32 Å². The van der Waals surface area contributed by atoms with Gasteiger partial charge in [0.1, 0.15) is 0 Å². The quantitative estimate of drug-likeness (QED) is 0.364. The largest absolute Gasteiger partial charge is 0.323 e. The van der Waals surface area contributed by atoms with E-state index in [1.165, 1.54) is 6.08 Å². The summed E-state index contributed by atoms with van der Waals surface area (Å²) in [7, 11) is 0. The highest BCUT2D eigenvalue weighted by atomic mass is 35.5. The van der Waals surface area contributed by atoms with Crippen LogP contribution >= 0.6 is 23.2 Å². The molecule has 3 aromatic carbocycles. The summed E-state index contributed by atoms with van der Waals surface area (Å²) >= 11 is 11.9. The SMILES string of the molecule is O=C(C=Cc1ccc(Cl)cc1Cl)Nc1ccc(N=Nc2ccccc2)cc1. The molecule has 0 atom stereocenters. The number of carbonyl (C=O) groups is 1. The number of benzene rings is 3. The first kappa shape index (κ1) is 18.8. The highest BCUT2D eigenvalue weighted by Gasteiger charge is 2.01. The third kappa shape index (κ3) is 5.78. The van der Waals surface area contributed by atoms with Crippen LogP contribution in [0.5, 0.6) is 0 Å². The maximum absolute atomic E-state index is 12.1. The van der Waals surface area contributed by atoms with Crippen molar-refractivity contribution in [3.63, 3.8) is 0 Å². The molecule has 1 amide bonds. The van der Waals surface area contributed by atoms with Gasteiger partial charge in [0.25, 0.3) is 0 Å². The second-order valence-corrected chi connectivity index (χ2v) is 6.41. The van der Waals surface area contributed by atoms with Crippen LogP contribution in [0.4, 0.5) is 17.1 Å². The lowest BCUT2D eigenvalue weighted by Crippen LogP contribution is -2.07. The lowest BCUT2D eigenvalue weighted by Gasteiger charge is -2.03. The Morgan fingerprint density at radius 3 is 2.19 bits per heavy atom. The van der Waals surface area contributed by atoms with Crippen molar-refractivity contribution in [3.05, 3.63) is 94.5 Å². The average Bonchev–Trinajstić information content (AvgIpc) is 2.67. The topological polar surface area (TPSA) is 53.8 Å². The van der Waals surface area contributed by atoms with Gasteiger partial charge in [-0.3, -0.25) is 4.79 Å². The van der Waals surface area contributed by atoms with Gasteiger partial charge in [0.15, 0.2) is 0 Å². The Hall–Kier alpha value is -2.95. The van der Waals surface area contributed by atoms with Gasteiger partial charge in [-0.05, 0) is 60.2 Å². The van der Waals surface area contributed by atoms with E-state index in [-0.39, 0.29) is 5.91 Å². The van der Waals surface area contributed by atoms with E-state index in [4.69, 9.17) is 23.2 Å². The molecule has 0 aliphatic heterocycles. The highest BCUT2D eigenvalue weighted by Crippen LogP contribution is 2.22. The van der Waals surface area contributed by atoms with Gasteiger partial charge in [-0.25, -0.2) is 0 Å². The standard InChI is InChI=1S/C21H15Cl2N3O/c22-16-8-6-15(20(23)14-16)7-13-21(27)24-17-9-11-19(12-10-17)26-25-18-4-2-1-3-5-18/h1-14H,(H,24,27). The van der Waals surface area contributed by atoms with Crippen molar-refractivity contribution in [1.82, 2.24) is 0 Å². The third-order valence-corrected chi connectivity index (χ3v) is 4.11. The minimum atomic E-state index is -0.264. The molecular weight excluding hydrogens is 381 g/mol. The molecule has 4 nitrogen and oxygen atoms in total. The summed E-state index contributed by atoms with van der Waals surface area (Å²) in [4.78, 5) is 12.1. The molecule has 134 valence electrons. The van der Waals surface area contributed by atoms with Gasteiger partial charge in [-0.1, -0.05) is 47.5 Å². The smallest absolute Gasteiger partial charge is 0.248 e. The summed E-state index contributed by atoms with van der Waals surface area (Å²) in [5.74, 6) is -0.264. The Morgan fingerprint density at radius 2 is 1.52 bits per heavy atom. The molecule has 3 aromatic rings. The van der Waals surface area contributed by atoms with Gasteiger partial charge in [-0.2, -0.15) is 10.2 Å². The molecule has 1 N–H and O–H groups in total. The summed E-state index contributed by atoms with van der Waals surface area (Å²) in [6.07, 6.45) is 3.05. The molecule has 0 fully saturated rings. The van der Waals surface area contributed by atoms with Gasteiger partial charge in [-0.15, -0.1) is 0 Å². The number of nitrogens with one attached hydrogen (secondary N) is 1. The van der Waals surface area contributed by atoms with E-state index in [1.807, 2.05) is 30.3 Å². The van der Waals surface area contributed by atoms with Crippen molar-refractivity contribution < 1.29 is 4.79 Å². The fourth-order valence-corrected chi connectivity index (χ4v) is 2.68. The normalized spacial score (nSPS) is 11.2. The maximum atomic E-state index is 12.1. The van der Waals surface area contributed by atoms with E-state index in [0.29, 0.717) is 27.0 Å². The Bertz CT molecular complexity index is 984. The molecule has 0 heterocycles. The van der Waals surface area contributed by atoms with Crippen molar-refractivity contribution in [2.24, 2.45) is 10.2 Å². The zero-order valence-corrected chi connectivity index (χ0v) is 15.7. The van der Waals surface area contributed by atoms with Crippen LogP contribution in [0.3, 0.4) is 0 Å². The van der Waals surface area contributed by atoms with Crippen LogP contribution in [-0.2, 0) is 4.79 Å². The molecule has 27 heavy (non-hydrogen) atoms. The Balaban J connectivity index is 1.60. The molecule has 0 bridgehead atoms.